The smallest absolute Gasteiger partial charge is 0.324 e. The summed E-state index contributed by atoms with van der Waals surface area (Å²) in [4.78, 5) is 16.4. The minimum absolute atomic E-state index is 0.0411. The van der Waals surface area contributed by atoms with Crippen LogP contribution in [0, 0.1) is 0 Å². The van der Waals surface area contributed by atoms with Crippen LogP contribution in [0.4, 0.5) is 0 Å². The summed E-state index contributed by atoms with van der Waals surface area (Å²) in [6.07, 6.45) is 0. The van der Waals surface area contributed by atoms with E-state index in [0.29, 0.717) is 17.1 Å². The molecule has 0 unspecified atom stereocenters. The number of carbonyl (C=O) groups excluding carboxylic acids is 1. The first-order valence-electron chi connectivity index (χ1n) is 9.13. The molecule has 0 saturated carbocycles. The SMILES string of the molecule is COc1ccc(-c2noc(COC(=O)[C@H](C)NS(=O)(=O)c3ccccc3)n2)c(OC)c1. The first-order chi connectivity index (χ1) is 14.8. The number of carbonyl (C=O) groups is 1. The second kappa shape index (κ2) is 9.58. The van der Waals surface area contributed by atoms with Crippen LogP contribution in [0.2, 0.25) is 0 Å². The maximum atomic E-state index is 12.3. The lowest BCUT2D eigenvalue weighted by molar-refractivity contribution is -0.147. The van der Waals surface area contributed by atoms with E-state index in [0.717, 1.165) is 0 Å². The topological polar surface area (TPSA) is 130 Å². The Kier molecular flexibility index (Phi) is 6.88. The summed E-state index contributed by atoms with van der Waals surface area (Å²) in [5.74, 6) is 0.571. The molecule has 0 aliphatic carbocycles. The number of sulfonamides is 1. The van der Waals surface area contributed by atoms with Crippen LogP contribution in [0.1, 0.15) is 12.8 Å². The van der Waals surface area contributed by atoms with Gasteiger partial charge in [-0.25, -0.2) is 8.42 Å². The van der Waals surface area contributed by atoms with E-state index in [4.69, 9.17) is 18.7 Å². The van der Waals surface area contributed by atoms with E-state index in [-0.39, 0.29) is 23.2 Å². The van der Waals surface area contributed by atoms with Gasteiger partial charge < -0.3 is 18.7 Å². The summed E-state index contributed by atoms with van der Waals surface area (Å²) in [6.45, 7) is 1.06. The fourth-order valence-electron chi connectivity index (χ4n) is 2.61. The van der Waals surface area contributed by atoms with Gasteiger partial charge in [-0.3, -0.25) is 4.79 Å². The van der Waals surface area contributed by atoms with E-state index in [1.54, 1.807) is 36.4 Å². The Hall–Kier alpha value is -3.44. The third-order valence-electron chi connectivity index (χ3n) is 4.19. The Morgan fingerprint density at radius 3 is 2.55 bits per heavy atom. The molecule has 0 spiro atoms. The van der Waals surface area contributed by atoms with Crippen LogP contribution in [0.5, 0.6) is 11.5 Å². The lowest BCUT2D eigenvalue weighted by Crippen LogP contribution is -2.39. The van der Waals surface area contributed by atoms with Crippen LogP contribution < -0.4 is 14.2 Å². The van der Waals surface area contributed by atoms with Gasteiger partial charge in [0.05, 0.1) is 24.7 Å². The number of benzene rings is 2. The highest BCUT2D eigenvalue weighted by Crippen LogP contribution is 2.31. The van der Waals surface area contributed by atoms with Crippen molar-refractivity contribution in [1.29, 1.82) is 0 Å². The molecule has 0 fully saturated rings. The summed E-state index contributed by atoms with van der Waals surface area (Å²) in [6, 6.07) is 11.7. The van der Waals surface area contributed by atoms with Gasteiger partial charge in [0.2, 0.25) is 15.8 Å². The number of ether oxygens (including phenoxy) is 3. The first kappa shape index (κ1) is 22.2. The number of rotatable bonds is 9. The van der Waals surface area contributed by atoms with Crippen LogP contribution in [0.3, 0.4) is 0 Å². The maximum absolute atomic E-state index is 12.3. The molecule has 31 heavy (non-hydrogen) atoms. The van der Waals surface area contributed by atoms with E-state index < -0.39 is 22.0 Å². The highest BCUT2D eigenvalue weighted by Gasteiger charge is 2.24. The number of esters is 1. The zero-order chi connectivity index (χ0) is 22.4. The van der Waals surface area contributed by atoms with E-state index >= 15 is 0 Å². The van der Waals surface area contributed by atoms with Gasteiger partial charge in [0.1, 0.15) is 17.5 Å². The van der Waals surface area contributed by atoms with Crippen molar-refractivity contribution in [3.05, 3.63) is 54.4 Å². The molecular formula is C20H21N3O7S. The Labute approximate surface area is 179 Å². The van der Waals surface area contributed by atoms with Crippen molar-refractivity contribution in [2.24, 2.45) is 0 Å². The van der Waals surface area contributed by atoms with Gasteiger partial charge in [0.25, 0.3) is 5.89 Å². The Bertz CT molecular complexity index is 1150. The second-order valence-corrected chi connectivity index (χ2v) is 8.06. The van der Waals surface area contributed by atoms with E-state index in [1.807, 2.05) is 0 Å². The molecule has 0 aliphatic heterocycles. The molecule has 3 aromatic rings. The molecule has 164 valence electrons. The van der Waals surface area contributed by atoms with Crippen molar-refractivity contribution in [2.45, 2.75) is 24.5 Å². The molecule has 3 rings (SSSR count). The van der Waals surface area contributed by atoms with Crippen molar-refractivity contribution in [3.8, 4) is 22.9 Å². The Balaban J connectivity index is 1.62. The van der Waals surface area contributed by atoms with E-state index in [2.05, 4.69) is 14.9 Å². The third-order valence-corrected chi connectivity index (χ3v) is 5.75. The molecule has 1 aromatic heterocycles. The quantitative estimate of drug-likeness (QED) is 0.490. The fourth-order valence-corrected chi connectivity index (χ4v) is 3.83. The summed E-state index contributed by atoms with van der Waals surface area (Å²) >= 11 is 0. The Morgan fingerprint density at radius 2 is 1.87 bits per heavy atom. The van der Waals surface area contributed by atoms with E-state index in [9.17, 15) is 13.2 Å². The Morgan fingerprint density at radius 1 is 1.13 bits per heavy atom. The highest BCUT2D eigenvalue weighted by atomic mass is 32.2. The molecule has 1 heterocycles. The molecule has 10 nitrogen and oxygen atoms in total. The molecule has 11 heteroatoms. The summed E-state index contributed by atoms with van der Waals surface area (Å²) in [5, 5.41) is 3.86. The number of nitrogens with one attached hydrogen (secondary N) is 1. The summed E-state index contributed by atoms with van der Waals surface area (Å²) in [7, 11) is -0.822. The van der Waals surface area contributed by atoms with Gasteiger partial charge in [0.15, 0.2) is 6.61 Å². The molecular weight excluding hydrogens is 426 g/mol. The number of methoxy groups -OCH3 is 2. The van der Waals surface area contributed by atoms with E-state index in [1.165, 1.54) is 33.3 Å². The van der Waals surface area contributed by atoms with Crippen molar-refractivity contribution < 1.29 is 31.9 Å². The lowest BCUT2D eigenvalue weighted by atomic mass is 10.2. The van der Waals surface area contributed by atoms with Gasteiger partial charge in [-0.15, -0.1) is 0 Å². The summed E-state index contributed by atoms with van der Waals surface area (Å²) < 4.78 is 47.6. The van der Waals surface area contributed by atoms with Crippen LogP contribution >= 0.6 is 0 Å². The first-order valence-corrected chi connectivity index (χ1v) is 10.6. The zero-order valence-electron chi connectivity index (χ0n) is 17.1. The van der Waals surface area contributed by atoms with Crippen molar-refractivity contribution >= 4 is 16.0 Å². The molecule has 0 saturated heterocycles. The molecule has 0 aliphatic rings. The van der Waals surface area contributed by atoms with Crippen LogP contribution in [0.15, 0.2) is 57.9 Å². The van der Waals surface area contributed by atoms with Crippen LogP contribution in [0.25, 0.3) is 11.4 Å². The van der Waals surface area contributed by atoms with Crippen molar-refractivity contribution in [1.82, 2.24) is 14.9 Å². The standard InChI is InChI=1S/C20H21N3O7S/c1-13(23-31(25,26)15-7-5-4-6-8-15)20(24)29-12-18-21-19(22-30-18)16-10-9-14(27-2)11-17(16)28-3/h4-11,13,23H,12H2,1-3H3/t13-/m0/s1. The number of hydrogen-bond donors (Lipinski definition) is 1. The monoisotopic (exact) mass is 447 g/mol. The van der Waals surface area contributed by atoms with Gasteiger partial charge in [-0.2, -0.15) is 9.71 Å². The van der Waals surface area contributed by atoms with Gasteiger partial charge in [-0.1, -0.05) is 23.4 Å². The molecule has 0 amide bonds. The predicted molar refractivity (Wildman–Crippen MR) is 109 cm³/mol. The number of nitrogens with zero attached hydrogens (tertiary/aromatic N) is 2. The fraction of sp³-hybridized carbons (Fsp3) is 0.250. The zero-order valence-corrected chi connectivity index (χ0v) is 17.9. The predicted octanol–water partition coefficient (Wildman–Crippen LogP) is 2.16. The maximum Gasteiger partial charge on any atom is 0.324 e. The van der Waals surface area contributed by atoms with Crippen LogP contribution in [-0.2, 0) is 26.2 Å². The molecule has 0 bridgehead atoms. The van der Waals surface area contributed by atoms with Crippen molar-refractivity contribution in [2.75, 3.05) is 14.2 Å². The van der Waals surface area contributed by atoms with Crippen LogP contribution in [-0.4, -0.2) is 44.8 Å². The number of aromatic nitrogens is 2. The average molecular weight is 447 g/mol. The minimum atomic E-state index is -3.86. The lowest BCUT2D eigenvalue weighted by Gasteiger charge is -2.13. The minimum Gasteiger partial charge on any atom is -0.497 e. The van der Waals surface area contributed by atoms with Gasteiger partial charge in [0, 0.05) is 6.07 Å². The largest absolute Gasteiger partial charge is 0.497 e. The summed E-state index contributed by atoms with van der Waals surface area (Å²) in [5.41, 5.74) is 0.564. The average Bonchev–Trinajstić information content (AvgIpc) is 3.26. The van der Waals surface area contributed by atoms with Gasteiger partial charge in [-0.05, 0) is 31.2 Å². The second-order valence-electron chi connectivity index (χ2n) is 6.34. The molecule has 1 N–H and O–H groups in total. The molecule has 1 atom stereocenters. The number of hydrogen-bond acceptors (Lipinski definition) is 9. The normalized spacial score (nSPS) is 12.2. The third kappa shape index (κ3) is 5.38. The van der Waals surface area contributed by atoms with Crippen molar-refractivity contribution in [3.63, 3.8) is 0 Å². The highest BCUT2D eigenvalue weighted by molar-refractivity contribution is 7.89. The van der Waals surface area contributed by atoms with Gasteiger partial charge >= 0.3 is 5.97 Å². The molecule has 0 radical (unpaired) electrons. The molecule has 2 aromatic carbocycles.